The Labute approximate surface area is 167 Å². The van der Waals surface area contributed by atoms with Crippen molar-refractivity contribution in [3.05, 3.63) is 58.6 Å². The molecule has 0 unspecified atom stereocenters. The van der Waals surface area contributed by atoms with E-state index in [1.54, 1.807) is 25.3 Å². The van der Waals surface area contributed by atoms with Gasteiger partial charge in [0.15, 0.2) is 0 Å². The summed E-state index contributed by atoms with van der Waals surface area (Å²) >= 11 is 1.34. The van der Waals surface area contributed by atoms with E-state index < -0.39 is 0 Å². The average molecular weight is 395 g/mol. The summed E-state index contributed by atoms with van der Waals surface area (Å²) < 4.78 is 5.18. The molecule has 6 nitrogen and oxygen atoms in total. The van der Waals surface area contributed by atoms with Crippen LogP contribution in [0.1, 0.15) is 27.9 Å². The van der Waals surface area contributed by atoms with Gasteiger partial charge in [0.1, 0.15) is 15.6 Å². The molecule has 1 heterocycles. The number of benzene rings is 2. The summed E-state index contributed by atoms with van der Waals surface area (Å²) in [6.45, 7) is 5.12. The molecule has 28 heavy (non-hydrogen) atoms. The third kappa shape index (κ3) is 4.20. The molecule has 0 saturated carbocycles. The van der Waals surface area contributed by atoms with E-state index in [1.165, 1.54) is 18.3 Å². The minimum absolute atomic E-state index is 0.158. The highest BCUT2D eigenvalue weighted by Gasteiger charge is 2.18. The number of carbonyl (C=O) groups excluding carboxylic acids is 2. The molecule has 2 amide bonds. The van der Waals surface area contributed by atoms with Crippen molar-refractivity contribution in [2.45, 2.75) is 20.8 Å². The number of aryl methyl sites for hydroxylation is 1. The van der Waals surface area contributed by atoms with Crippen LogP contribution in [0, 0.1) is 13.8 Å². The SMILES string of the molecule is COc1ccc(-c2nc(C)c(C(=O)Nc3cccc(NC(C)=O)c3C)s2)cc1. The van der Waals surface area contributed by atoms with Crippen LogP contribution in [0.4, 0.5) is 11.4 Å². The Bertz CT molecular complexity index is 1030. The number of nitrogens with one attached hydrogen (secondary N) is 2. The number of amides is 2. The van der Waals surface area contributed by atoms with Gasteiger partial charge in [-0.3, -0.25) is 9.59 Å². The lowest BCUT2D eigenvalue weighted by Crippen LogP contribution is -2.14. The monoisotopic (exact) mass is 395 g/mol. The molecule has 0 radical (unpaired) electrons. The molecule has 3 aromatic rings. The molecule has 144 valence electrons. The van der Waals surface area contributed by atoms with Crippen molar-refractivity contribution >= 4 is 34.5 Å². The first-order valence-corrected chi connectivity index (χ1v) is 9.51. The van der Waals surface area contributed by atoms with E-state index in [4.69, 9.17) is 4.74 Å². The standard InChI is InChI=1S/C21H21N3O3S/c1-12-17(23-14(3)25)6-5-7-18(12)24-20(26)19-13(2)22-21(28-19)15-8-10-16(27-4)11-9-15/h5-11H,1-4H3,(H,23,25)(H,24,26). The van der Waals surface area contributed by atoms with Crippen molar-refractivity contribution in [3.8, 4) is 16.3 Å². The van der Waals surface area contributed by atoms with E-state index >= 15 is 0 Å². The molecule has 0 bridgehead atoms. The highest BCUT2D eigenvalue weighted by molar-refractivity contribution is 7.17. The van der Waals surface area contributed by atoms with E-state index in [0.717, 1.165) is 21.9 Å². The van der Waals surface area contributed by atoms with Crippen LogP contribution >= 0.6 is 11.3 Å². The Hall–Kier alpha value is -3.19. The van der Waals surface area contributed by atoms with Crippen LogP contribution in [0.3, 0.4) is 0 Å². The number of hydrogen-bond donors (Lipinski definition) is 2. The van der Waals surface area contributed by atoms with Gasteiger partial charge in [0.25, 0.3) is 5.91 Å². The summed E-state index contributed by atoms with van der Waals surface area (Å²) in [5, 5.41) is 6.46. The van der Waals surface area contributed by atoms with E-state index in [9.17, 15) is 9.59 Å². The fourth-order valence-corrected chi connectivity index (χ4v) is 3.71. The van der Waals surface area contributed by atoms with Gasteiger partial charge in [0.2, 0.25) is 5.91 Å². The normalized spacial score (nSPS) is 10.4. The topological polar surface area (TPSA) is 80.3 Å². The lowest BCUT2D eigenvalue weighted by molar-refractivity contribution is -0.114. The third-order valence-corrected chi connectivity index (χ3v) is 5.44. The van der Waals surface area contributed by atoms with E-state index in [-0.39, 0.29) is 11.8 Å². The van der Waals surface area contributed by atoms with Crippen molar-refractivity contribution in [1.29, 1.82) is 0 Å². The molecular formula is C21H21N3O3S. The molecule has 1 aromatic heterocycles. The summed E-state index contributed by atoms with van der Waals surface area (Å²) in [4.78, 5) is 29.2. The zero-order valence-electron chi connectivity index (χ0n) is 16.1. The van der Waals surface area contributed by atoms with Gasteiger partial charge >= 0.3 is 0 Å². The highest BCUT2D eigenvalue weighted by Crippen LogP contribution is 2.30. The second-order valence-corrected chi connectivity index (χ2v) is 7.27. The Balaban J connectivity index is 1.84. The zero-order chi connectivity index (χ0) is 20.3. The maximum absolute atomic E-state index is 12.8. The third-order valence-electron chi connectivity index (χ3n) is 4.23. The lowest BCUT2D eigenvalue weighted by Gasteiger charge is -2.12. The fraction of sp³-hybridized carbons (Fsp3) is 0.190. The fourth-order valence-electron chi connectivity index (χ4n) is 2.74. The van der Waals surface area contributed by atoms with Crippen molar-refractivity contribution in [2.24, 2.45) is 0 Å². The summed E-state index contributed by atoms with van der Waals surface area (Å²) in [6, 6.07) is 13.0. The van der Waals surface area contributed by atoms with Gasteiger partial charge in [-0.1, -0.05) is 6.07 Å². The summed E-state index contributed by atoms with van der Waals surface area (Å²) in [5.41, 5.74) is 3.71. The number of carbonyl (C=O) groups is 2. The number of anilines is 2. The predicted octanol–water partition coefficient (Wildman–Crippen LogP) is 4.65. The smallest absolute Gasteiger partial charge is 0.267 e. The maximum atomic E-state index is 12.8. The van der Waals surface area contributed by atoms with E-state index in [1.807, 2.05) is 38.1 Å². The van der Waals surface area contributed by atoms with Crippen molar-refractivity contribution in [3.63, 3.8) is 0 Å². The van der Waals surface area contributed by atoms with Gasteiger partial charge in [0, 0.05) is 23.9 Å². The second-order valence-electron chi connectivity index (χ2n) is 6.28. The predicted molar refractivity (Wildman–Crippen MR) is 112 cm³/mol. The minimum atomic E-state index is -0.224. The highest BCUT2D eigenvalue weighted by atomic mass is 32.1. The van der Waals surface area contributed by atoms with Crippen LogP contribution in [-0.4, -0.2) is 23.9 Å². The molecule has 0 aliphatic rings. The zero-order valence-corrected chi connectivity index (χ0v) is 16.9. The van der Waals surface area contributed by atoms with Gasteiger partial charge in [-0.15, -0.1) is 11.3 Å². The molecule has 0 atom stereocenters. The molecule has 0 aliphatic heterocycles. The summed E-state index contributed by atoms with van der Waals surface area (Å²) in [6.07, 6.45) is 0. The van der Waals surface area contributed by atoms with Crippen LogP contribution < -0.4 is 15.4 Å². The molecule has 7 heteroatoms. The minimum Gasteiger partial charge on any atom is -0.497 e. The van der Waals surface area contributed by atoms with Gasteiger partial charge in [-0.2, -0.15) is 0 Å². The van der Waals surface area contributed by atoms with Crippen LogP contribution in [0.5, 0.6) is 5.75 Å². The molecular weight excluding hydrogens is 374 g/mol. The molecule has 0 spiro atoms. The largest absolute Gasteiger partial charge is 0.497 e. The lowest BCUT2D eigenvalue weighted by atomic mass is 10.1. The Kier molecular flexibility index (Phi) is 5.75. The second kappa shape index (κ2) is 8.22. The van der Waals surface area contributed by atoms with Crippen LogP contribution in [-0.2, 0) is 4.79 Å². The van der Waals surface area contributed by atoms with Crippen LogP contribution in [0.2, 0.25) is 0 Å². The van der Waals surface area contributed by atoms with Crippen molar-refractivity contribution in [1.82, 2.24) is 4.98 Å². The van der Waals surface area contributed by atoms with Crippen molar-refractivity contribution in [2.75, 3.05) is 17.7 Å². The molecule has 0 fully saturated rings. The van der Waals surface area contributed by atoms with E-state index in [2.05, 4.69) is 15.6 Å². The molecule has 0 saturated heterocycles. The summed E-state index contributed by atoms with van der Waals surface area (Å²) in [5.74, 6) is 0.386. The van der Waals surface area contributed by atoms with Gasteiger partial charge in [-0.25, -0.2) is 4.98 Å². The van der Waals surface area contributed by atoms with Crippen LogP contribution in [0.25, 0.3) is 10.6 Å². The molecule has 2 N–H and O–H groups in total. The number of aromatic nitrogens is 1. The first-order chi connectivity index (χ1) is 13.4. The Morgan fingerprint density at radius 3 is 2.25 bits per heavy atom. The van der Waals surface area contributed by atoms with Gasteiger partial charge < -0.3 is 15.4 Å². The van der Waals surface area contributed by atoms with Crippen molar-refractivity contribution < 1.29 is 14.3 Å². The first-order valence-electron chi connectivity index (χ1n) is 8.69. The number of thiazole rings is 1. The maximum Gasteiger partial charge on any atom is 0.267 e. The number of ether oxygens (including phenoxy) is 1. The molecule has 2 aromatic carbocycles. The number of rotatable bonds is 5. The molecule has 3 rings (SSSR count). The number of methoxy groups -OCH3 is 1. The Morgan fingerprint density at radius 2 is 1.64 bits per heavy atom. The number of nitrogens with zero attached hydrogens (tertiary/aromatic N) is 1. The van der Waals surface area contributed by atoms with Gasteiger partial charge in [-0.05, 0) is 55.8 Å². The number of hydrogen-bond acceptors (Lipinski definition) is 5. The Morgan fingerprint density at radius 1 is 1.00 bits per heavy atom. The molecule has 0 aliphatic carbocycles. The van der Waals surface area contributed by atoms with E-state index in [0.29, 0.717) is 21.9 Å². The average Bonchev–Trinajstić information content (AvgIpc) is 3.06. The summed E-state index contributed by atoms with van der Waals surface area (Å²) in [7, 11) is 1.62. The van der Waals surface area contributed by atoms with Crippen LogP contribution in [0.15, 0.2) is 42.5 Å². The van der Waals surface area contributed by atoms with Gasteiger partial charge in [0.05, 0.1) is 12.8 Å². The first kappa shape index (κ1) is 19.6. The quantitative estimate of drug-likeness (QED) is 0.659.